The van der Waals surface area contributed by atoms with Crippen molar-refractivity contribution in [1.29, 1.82) is 0 Å². The highest BCUT2D eigenvalue weighted by atomic mass is 32.1. The lowest BCUT2D eigenvalue weighted by atomic mass is 9.80. The van der Waals surface area contributed by atoms with Crippen molar-refractivity contribution in [2.75, 3.05) is 5.75 Å². The standard InChI is InChI=1S/C13H26S/c1-3-6-12(8-5-10-14)13-9-4-7-11(13)2/h11-14H,3-10H2,1-2H3. The summed E-state index contributed by atoms with van der Waals surface area (Å²) >= 11 is 4.33. The first-order valence-electron chi connectivity index (χ1n) is 6.40. The SMILES string of the molecule is CCCC(CCCS)C1CCCC1C. The van der Waals surface area contributed by atoms with Crippen LogP contribution in [-0.2, 0) is 0 Å². The van der Waals surface area contributed by atoms with Crippen LogP contribution in [0.3, 0.4) is 0 Å². The predicted molar refractivity (Wildman–Crippen MR) is 68.0 cm³/mol. The van der Waals surface area contributed by atoms with Gasteiger partial charge in [-0.05, 0) is 42.8 Å². The molecule has 0 bridgehead atoms. The first-order chi connectivity index (χ1) is 6.79. The molecule has 0 aromatic rings. The molecule has 0 radical (unpaired) electrons. The van der Waals surface area contributed by atoms with Crippen LogP contribution in [0.4, 0.5) is 0 Å². The monoisotopic (exact) mass is 214 g/mol. The summed E-state index contributed by atoms with van der Waals surface area (Å²) in [7, 11) is 0. The van der Waals surface area contributed by atoms with Crippen LogP contribution in [-0.4, -0.2) is 5.75 Å². The maximum Gasteiger partial charge on any atom is -0.00978 e. The molecule has 1 heteroatoms. The summed E-state index contributed by atoms with van der Waals surface area (Å²) in [5, 5.41) is 0. The summed E-state index contributed by atoms with van der Waals surface area (Å²) in [6.45, 7) is 4.79. The topological polar surface area (TPSA) is 0 Å². The second-order valence-electron chi connectivity index (χ2n) is 4.99. The number of hydrogen-bond donors (Lipinski definition) is 1. The van der Waals surface area contributed by atoms with Crippen LogP contribution in [0, 0.1) is 17.8 Å². The van der Waals surface area contributed by atoms with Gasteiger partial charge in [0.25, 0.3) is 0 Å². The fourth-order valence-corrected chi connectivity index (χ4v) is 3.35. The maximum absolute atomic E-state index is 4.33. The highest BCUT2D eigenvalue weighted by Gasteiger charge is 2.29. The van der Waals surface area contributed by atoms with E-state index in [4.69, 9.17) is 0 Å². The van der Waals surface area contributed by atoms with Crippen molar-refractivity contribution in [1.82, 2.24) is 0 Å². The number of rotatable bonds is 6. The molecule has 0 aromatic heterocycles. The van der Waals surface area contributed by atoms with Gasteiger partial charge in [-0.15, -0.1) is 0 Å². The van der Waals surface area contributed by atoms with Gasteiger partial charge in [-0.3, -0.25) is 0 Å². The Labute approximate surface area is 95.3 Å². The zero-order chi connectivity index (χ0) is 10.4. The highest BCUT2D eigenvalue weighted by Crippen LogP contribution is 2.40. The molecule has 0 nitrogen and oxygen atoms in total. The molecular weight excluding hydrogens is 188 g/mol. The summed E-state index contributed by atoms with van der Waals surface area (Å²) < 4.78 is 0. The van der Waals surface area contributed by atoms with Gasteiger partial charge in [0.1, 0.15) is 0 Å². The van der Waals surface area contributed by atoms with Gasteiger partial charge in [-0.1, -0.05) is 39.5 Å². The smallest absolute Gasteiger partial charge is 0.00978 e. The Hall–Kier alpha value is 0.350. The molecule has 14 heavy (non-hydrogen) atoms. The Kier molecular flexibility index (Phi) is 6.00. The van der Waals surface area contributed by atoms with Crippen molar-refractivity contribution >= 4 is 12.6 Å². The maximum atomic E-state index is 4.33. The minimum absolute atomic E-state index is 0.992. The number of thiol groups is 1. The predicted octanol–water partition coefficient (Wildman–Crippen LogP) is 4.55. The molecule has 1 fully saturated rings. The van der Waals surface area contributed by atoms with Crippen molar-refractivity contribution in [3.63, 3.8) is 0 Å². The van der Waals surface area contributed by atoms with Crippen LogP contribution < -0.4 is 0 Å². The van der Waals surface area contributed by atoms with Crippen LogP contribution in [0.1, 0.15) is 58.8 Å². The lowest BCUT2D eigenvalue weighted by molar-refractivity contribution is 0.243. The van der Waals surface area contributed by atoms with Crippen molar-refractivity contribution in [2.45, 2.75) is 58.8 Å². The Morgan fingerprint density at radius 3 is 2.57 bits per heavy atom. The van der Waals surface area contributed by atoms with E-state index in [1.54, 1.807) is 0 Å². The highest BCUT2D eigenvalue weighted by molar-refractivity contribution is 7.80. The second kappa shape index (κ2) is 6.76. The van der Waals surface area contributed by atoms with Gasteiger partial charge >= 0.3 is 0 Å². The first kappa shape index (κ1) is 12.4. The molecule has 0 aromatic carbocycles. The zero-order valence-corrected chi connectivity index (χ0v) is 10.7. The Morgan fingerprint density at radius 2 is 2.07 bits per heavy atom. The lowest BCUT2D eigenvalue weighted by Gasteiger charge is -2.26. The van der Waals surface area contributed by atoms with Crippen LogP contribution >= 0.6 is 12.6 Å². The molecular formula is C13H26S. The molecule has 1 aliphatic rings. The molecule has 0 amide bonds. The van der Waals surface area contributed by atoms with E-state index in [-0.39, 0.29) is 0 Å². The van der Waals surface area contributed by atoms with E-state index in [2.05, 4.69) is 26.5 Å². The van der Waals surface area contributed by atoms with E-state index in [1.807, 2.05) is 0 Å². The van der Waals surface area contributed by atoms with Crippen LogP contribution in [0.25, 0.3) is 0 Å². The van der Waals surface area contributed by atoms with Crippen molar-refractivity contribution in [2.24, 2.45) is 17.8 Å². The third-order valence-corrected chi connectivity index (χ3v) is 4.24. The van der Waals surface area contributed by atoms with Crippen LogP contribution in [0.2, 0.25) is 0 Å². The van der Waals surface area contributed by atoms with Crippen LogP contribution in [0.15, 0.2) is 0 Å². The third kappa shape index (κ3) is 3.49. The van der Waals surface area contributed by atoms with Crippen molar-refractivity contribution in [3.8, 4) is 0 Å². The molecule has 3 atom stereocenters. The molecule has 0 N–H and O–H groups in total. The van der Waals surface area contributed by atoms with E-state index < -0.39 is 0 Å². The van der Waals surface area contributed by atoms with Crippen LogP contribution in [0.5, 0.6) is 0 Å². The largest absolute Gasteiger partial charge is 0.179 e. The summed E-state index contributed by atoms with van der Waals surface area (Å²) in [6, 6.07) is 0. The molecule has 0 aliphatic heterocycles. The third-order valence-electron chi connectivity index (χ3n) is 3.93. The minimum atomic E-state index is 0.992. The van der Waals surface area contributed by atoms with Gasteiger partial charge in [-0.25, -0.2) is 0 Å². The zero-order valence-electron chi connectivity index (χ0n) is 9.84. The summed E-state index contributed by atoms with van der Waals surface area (Å²) in [4.78, 5) is 0. The van der Waals surface area contributed by atoms with E-state index in [9.17, 15) is 0 Å². The molecule has 0 spiro atoms. The van der Waals surface area contributed by atoms with E-state index in [0.29, 0.717) is 0 Å². The van der Waals surface area contributed by atoms with Gasteiger partial charge < -0.3 is 0 Å². The second-order valence-corrected chi connectivity index (χ2v) is 5.43. The minimum Gasteiger partial charge on any atom is -0.179 e. The molecule has 0 heterocycles. The van der Waals surface area contributed by atoms with E-state index in [0.717, 1.165) is 23.5 Å². The van der Waals surface area contributed by atoms with Gasteiger partial charge in [0.15, 0.2) is 0 Å². The number of hydrogen-bond acceptors (Lipinski definition) is 1. The fraction of sp³-hybridized carbons (Fsp3) is 1.00. The molecule has 84 valence electrons. The first-order valence-corrected chi connectivity index (χ1v) is 7.03. The Bertz CT molecular complexity index is 144. The summed E-state index contributed by atoms with van der Waals surface area (Å²) in [5.74, 6) is 4.10. The van der Waals surface area contributed by atoms with E-state index >= 15 is 0 Å². The van der Waals surface area contributed by atoms with Crippen molar-refractivity contribution < 1.29 is 0 Å². The van der Waals surface area contributed by atoms with Gasteiger partial charge in [0, 0.05) is 0 Å². The van der Waals surface area contributed by atoms with Gasteiger partial charge in [-0.2, -0.15) is 12.6 Å². The van der Waals surface area contributed by atoms with E-state index in [1.165, 1.54) is 44.9 Å². The Balaban J connectivity index is 2.39. The summed E-state index contributed by atoms with van der Waals surface area (Å²) in [5.41, 5.74) is 0. The normalized spacial score (nSPS) is 29.4. The van der Waals surface area contributed by atoms with Gasteiger partial charge in [0.05, 0.1) is 0 Å². The quantitative estimate of drug-likeness (QED) is 0.616. The summed E-state index contributed by atoms with van der Waals surface area (Å²) in [6.07, 6.45) is 10.0. The lowest BCUT2D eigenvalue weighted by Crippen LogP contribution is -2.17. The average molecular weight is 214 g/mol. The molecule has 0 saturated heterocycles. The molecule has 1 aliphatic carbocycles. The Morgan fingerprint density at radius 1 is 1.29 bits per heavy atom. The van der Waals surface area contributed by atoms with Gasteiger partial charge in [0.2, 0.25) is 0 Å². The molecule has 1 rings (SSSR count). The fourth-order valence-electron chi connectivity index (χ4n) is 3.17. The van der Waals surface area contributed by atoms with Crippen molar-refractivity contribution in [3.05, 3.63) is 0 Å². The average Bonchev–Trinajstić information content (AvgIpc) is 2.59. The molecule has 3 unspecified atom stereocenters. The molecule has 1 saturated carbocycles.